The summed E-state index contributed by atoms with van der Waals surface area (Å²) in [6.45, 7) is 1.03. The highest BCUT2D eigenvalue weighted by molar-refractivity contribution is 5.47. The van der Waals surface area contributed by atoms with E-state index in [1.54, 1.807) is 0 Å². The summed E-state index contributed by atoms with van der Waals surface area (Å²) in [7, 11) is 0. The zero-order valence-electron chi connectivity index (χ0n) is 5.02. The summed E-state index contributed by atoms with van der Waals surface area (Å²) >= 11 is 0. The van der Waals surface area contributed by atoms with Gasteiger partial charge in [-0.1, -0.05) is 6.07 Å². The summed E-state index contributed by atoms with van der Waals surface area (Å²) < 4.78 is 0. The Balaban J connectivity index is 2.54. The average Bonchev–Trinajstić information content (AvgIpc) is 2.33. The molecule has 0 spiro atoms. The number of aromatic nitrogens is 1. The number of hydrogen-bond acceptors (Lipinski definition) is 2. The summed E-state index contributed by atoms with van der Waals surface area (Å²) in [5, 5.41) is 3.16. The highest BCUT2D eigenvalue weighted by Crippen LogP contribution is 2.16. The Bertz CT molecular complexity index is 197. The third kappa shape index (κ3) is 0.669. The van der Waals surface area contributed by atoms with Crippen LogP contribution < -0.4 is 5.32 Å². The largest absolute Gasteiger partial charge is 0.369 e. The predicted octanol–water partition coefficient (Wildman–Crippen LogP) is 0.850. The van der Waals surface area contributed by atoms with Gasteiger partial charge in [0.2, 0.25) is 0 Å². The first kappa shape index (κ1) is 4.79. The van der Waals surface area contributed by atoms with Crippen LogP contribution in [0.3, 0.4) is 0 Å². The molecule has 0 atom stereocenters. The molecule has 1 aliphatic rings. The zero-order chi connectivity index (χ0) is 6.10. The molecule has 2 rings (SSSR count). The lowest BCUT2D eigenvalue weighted by molar-refractivity contribution is 1.11. The third-order valence-electron chi connectivity index (χ3n) is 1.53. The van der Waals surface area contributed by atoms with E-state index in [9.17, 15) is 0 Å². The first-order valence-electron chi connectivity index (χ1n) is 3.07. The summed E-state index contributed by atoms with van der Waals surface area (Å²) in [6, 6.07) is 3.91. The molecule has 0 aromatic carbocycles. The summed E-state index contributed by atoms with van der Waals surface area (Å²) in [4.78, 5) is 4.02. The molecule has 0 fully saturated rings. The number of nitrogens with one attached hydrogen (secondary N) is 1. The minimum absolute atomic E-state index is 1.01. The summed E-state index contributed by atoms with van der Waals surface area (Å²) in [5.74, 6) is 1.01. The molecule has 0 aliphatic carbocycles. The van der Waals surface area contributed by atoms with Gasteiger partial charge in [0.1, 0.15) is 5.82 Å². The monoisotopic (exact) mass is 119 g/mol. The standard InChI is InChI=1S/C7H7N2/c1-2-6-3-5-9-7(6)8-4-1/h1-2H,3,5H2,(H,8,9). The number of fused-ring (bicyclic) bond motifs is 1. The molecule has 2 nitrogen and oxygen atoms in total. The lowest BCUT2D eigenvalue weighted by atomic mass is 10.2. The molecule has 2 heteroatoms. The van der Waals surface area contributed by atoms with Crippen LogP contribution in [0.2, 0.25) is 0 Å². The van der Waals surface area contributed by atoms with Crippen LogP contribution in [0.25, 0.3) is 0 Å². The van der Waals surface area contributed by atoms with E-state index in [0.717, 1.165) is 18.8 Å². The Morgan fingerprint density at radius 1 is 1.67 bits per heavy atom. The van der Waals surface area contributed by atoms with Crippen LogP contribution in [-0.4, -0.2) is 11.5 Å². The van der Waals surface area contributed by atoms with E-state index < -0.39 is 0 Å². The zero-order valence-corrected chi connectivity index (χ0v) is 5.02. The second-order valence-electron chi connectivity index (χ2n) is 2.12. The van der Waals surface area contributed by atoms with Crippen molar-refractivity contribution in [1.82, 2.24) is 4.98 Å². The van der Waals surface area contributed by atoms with Crippen molar-refractivity contribution in [3.8, 4) is 0 Å². The van der Waals surface area contributed by atoms with Gasteiger partial charge in [0.05, 0.1) is 6.20 Å². The van der Waals surface area contributed by atoms with E-state index in [2.05, 4.69) is 22.6 Å². The fraction of sp³-hybridized carbons (Fsp3) is 0.286. The molecular formula is C7H7N2. The Labute approximate surface area is 53.9 Å². The van der Waals surface area contributed by atoms with Gasteiger partial charge in [-0.2, -0.15) is 0 Å². The van der Waals surface area contributed by atoms with Gasteiger partial charge in [-0.25, -0.2) is 4.98 Å². The fourth-order valence-electron chi connectivity index (χ4n) is 1.06. The molecule has 9 heavy (non-hydrogen) atoms. The van der Waals surface area contributed by atoms with Gasteiger partial charge in [0.25, 0.3) is 0 Å². The van der Waals surface area contributed by atoms with E-state index in [1.165, 1.54) is 5.56 Å². The van der Waals surface area contributed by atoms with Gasteiger partial charge in [-0.3, -0.25) is 0 Å². The summed E-state index contributed by atoms with van der Waals surface area (Å²) in [6.07, 6.45) is 3.89. The van der Waals surface area contributed by atoms with Crippen molar-refractivity contribution in [2.24, 2.45) is 0 Å². The molecule has 0 amide bonds. The van der Waals surface area contributed by atoms with Gasteiger partial charge in [0, 0.05) is 6.54 Å². The smallest absolute Gasteiger partial charge is 0.130 e. The van der Waals surface area contributed by atoms with E-state index in [4.69, 9.17) is 0 Å². The molecule has 2 heterocycles. The molecule has 0 saturated heterocycles. The number of pyridine rings is 1. The van der Waals surface area contributed by atoms with Crippen LogP contribution in [0.5, 0.6) is 0 Å². The van der Waals surface area contributed by atoms with Crippen molar-refractivity contribution >= 4 is 5.82 Å². The molecule has 1 aromatic heterocycles. The van der Waals surface area contributed by atoms with Gasteiger partial charge in [0.15, 0.2) is 0 Å². The second kappa shape index (κ2) is 1.72. The maximum atomic E-state index is 4.02. The maximum absolute atomic E-state index is 4.02. The summed E-state index contributed by atoms with van der Waals surface area (Å²) in [5.41, 5.74) is 1.31. The first-order valence-corrected chi connectivity index (χ1v) is 3.07. The minimum Gasteiger partial charge on any atom is -0.369 e. The van der Waals surface area contributed by atoms with Gasteiger partial charge < -0.3 is 5.32 Å². The molecule has 1 aromatic rings. The van der Waals surface area contributed by atoms with Gasteiger partial charge in [-0.15, -0.1) is 0 Å². The van der Waals surface area contributed by atoms with Crippen LogP contribution in [0.15, 0.2) is 12.1 Å². The predicted molar refractivity (Wildman–Crippen MR) is 35.3 cm³/mol. The molecule has 0 saturated carbocycles. The lowest BCUT2D eigenvalue weighted by Crippen LogP contribution is -1.92. The van der Waals surface area contributed by atoms with Crippen molar-refractivity contribution in [3.05, 3.63) is 23.9 Å². The molecule has 1 N–H and O–H groups in total. The number of anilines is 1. The second-order valence-corrected chi connectivity index (χ2v) is 2.12. The first-order chi connectivity index (χ1) is 4.47. The van der Waals surface area contributed by atoms with Crippen LogP contribution in [-0.2, 0) is 6.42 Å². The van der Waals surface area contributed by atoms with Crippen molar-refractivity contribution < 1.29 is 0 Å². The number of hydrogen-bond donors (Lipinski definition) is 1. The Hall–Kier alpha value is -1.05. The number of rotatable bonds is 0. The van der Waals surface area contributed by atoms with Crippen molar-refractivity contribution in [2.75, 3.05) is 11.9 Å². The van der Waals surface area contributed by atoms with E-state index in [1.807, 2.05) is 6.07 Å². The topological polar surface area (TPSA) is 24.9 Å². The van der Waals surface area contributed by atoms with E-state index in [-0.39, 0.29) is 0 Å². The average molecular weight is 119 g/mol. The van der Waals surface area contributed by atoms with Crippen LogP contribution >= 0.6 is 0 Å². The highest BCUT2D eigenvalue weighted by Gasteiger charge is 2.07. The number of nitrogens with zero attached hydrogens (tertiary/aromatic N) is 1. The van der Waals surface area contributed by atoms with Crippen molar-refractivity contribution in [1.29, 1.82) is 0 Å². The maximum Gasteiger partial charge on any atom is 0.130 e. The van der Waals surface area contributed by atoms with Crippen LogP contribution in [0.1, 0.15) is 5.56 Å². The van der Waals surface area contributed by atoms with Crippen LogP contribution in [0.4, 0.5) is 5.82 Å². The van der Waals surface area contributed by atoms with Crippen LogP contribution in [0, 0.1) is 6.20 Å². The lowest BCUT2D eigenvalue weighted by Gasteiger charge is -1.92. The molecular weight excluding hydrogens is 112 g/mol. The molecule has 0 bridgehead atoms. The molecule has 1 radical (unpaired) electrons. The van der Waals surface area contributed by atoms with Crippen molar-refractivity contribution in [2.45, 2.75) is 6.42 Å². The third-order valence-corrected chi connectivity index (χ3v) is 1.53. The minimum atomic E-state index is 1.01. The molecule has 45 valence electrons. The van der Waals surface area contributed by atoms with Gasteiger partial charge >= 0.3 is 0 Å². The quantitative estimate of drug-likeness (QED) is 0.547. The van der Waals surface area contributed by atoms with E-state index in [0.29, 0.717) is 0 Å². The molecule has 0 unspecified atom stereocenters. The van der Waals surface area contributed by atoms with E-state index >= 15 is 0 Å². The molecule has 1 aliphatic heterocycles. The Kier molecular flexibility index (Phi) is 0.918. The van der Waals surface area contributed by atoms with Gasteiger partial charge in [-0.05, 0) is 18.1 Å². The SMILES string of the molecule is [c]1ccc2c(n1)NCC2. The van der Waals surface area contributed by atoms with Crippen molar-refractivity contribution in [3.63, 3.8) is 0 Å². The Morgan fingerprint density at radius 3 is 3.56 bits per heavy atom. The highest BCUT2D eigenvalue weighted by atomic mass is 15.0. The fourth-order valence-corrected chi connectivity index (χ4v) is 1.06. The normalized spacial score (nSPS) is 14.7. The Morgan fingerprint density at radius 2 is 2.67 bits per heavy atom.